The lowest BCUT2D eigenvalue weighted by atomic mass is 10.1. The summed E-state index contributed by atoms with van der Waals surface area (Å²) in [5.74, 6) is 0.899. The summed E-state index contributed by atoms with van der Waals surface area (Å²) in [5, 5.41) is 0. The summed E-state index contributed by atoms with van der Waals surface area (Å²) >= 11 is 0. The van der Waals surface area contributed by atoms with Crippen molar-refractivity contribution in [2.75, 3.05) is 36.0 Å². The molecule has 3 heterocycles. The Morgan fingerprint density at radius 2 is 1.73 bits per heavy atom. The predicted octanol–water partition coefficient (Wildman–Crippen LogP) is 1.71. The van der Waals surface area contributed by atoms with E-state index in [1.807, 2.05) is 47.4 Å². The van der Waals surface area contributed by atoms with Crippen molar-refractivity contribution in [2.24, 2.45) is 0 Å². The third-order valence-electron chi connectivity index (χ3n) is 5.17. The smallest absolute Gasteiger partial charge is 0.246 e. The highest BCUT2D eigenvalue weighted by molar-refractivity contribution is 6.02. The van der Waals surface area contributed by atoms with E-state index in [0.29, 0.717) is 19.5 Å². The highest BCUT2D eigenvalue weighted by Crippen LogP contribution is 2.33. The van der Waals surface area contributed by atoms with E-state index in [0.717, 1.165) is 30.2 Å². The number of fused-ring (bicyclic) bond motifs is 1. The molecule has 1 atom stereocenters. The van der Waals surface area contributed by atoms with Crippen LogP contribution in [-0.4, -0.2) is 53.9 Å². The summed E-state index contributed by atoms with van der Waals surface area (Å²) in [5.41, 5.74) is 1.93. The van der Waals surface area contributed by atoms with E-state index < -0.39 is 6.04 Å². The largest absolute Gasteiger partial charge is 0.353 e. The molecule has 0 aliphatic carbocycles. The van der Waals surface area contributed by atoms with Crippen molar-refractivity contribution >= 4 is 23.3 Å². The van der Waals surface area contributed by atoms with Gasteiger partial charge in [0.15, 0.2) is 0 Å². The second-order valence-corrected chi connectivity index (χ2v) is 6.74. The Bertz CT molecular complexity index is 816. The minimum atomic E-state index is -0.425. The Kier molecular flexibility index (Phi) is 4.32. The fourth-order valence-corrected chi connectivity index (χ4v) is 3.88. The number of amides is 2. The monoisotopic (exact) mass is 350 g/mol. The quantitative estimate of drug-likeness (QED) is 0.827. The molecular formula is C20H22N4O2. The Morgan fingerprint density at radius 3 is 2.42 bits per heavy atom. The highest BCUT2D eigenvalue weighted by atomic mass is 16.2. The minimum absolute atomic E-state index is 0.0390. The Balaban J connectivity index is 1.46. The number of hydrogen-bond donors (Lipinski definition) is 0. The molecule has 1 aromatic carbocycles. The maximum atomic E-state index is 13.1. The molecular weight excluding hydrogens is 328 g/mol. The van der Waals surface area contributed by atoms with Crippen LogP contribution in [0.5, 0.6) is 0 Å². The number of anilines is 2. The number of piperazine rings is 1. The molecule has 6 nitrogen and oxygen atoms in total. The Labute approximate surface area is 153 Å². The van der Waals surface area contributed by atoms with Gasteiger partial charge in [0.25, 0.3) is 0 Å². The topological polar surface area (TPSA) is 56.8 Å². The first-order valence-corrected chi connectivity index (χ1v) is 8.97. The molecule has 134 valence electrons. The molecule has 2 amide bonds. The van der Waals surface area contributed by atoms with E-state index in [-0.39, 0.29) is 11.8 Å². The van der Waals surface area contributed by atoms with Crippen molar-refractivity contribution in [1.29, 1.82) is 0 Å². The van der Waals surface area contributed by atoms with Crippen LogP contribution in [0.4, 0.5) is 11.5 Å². The van der Waals surface area contributed by atoms with E-state index >= 15 is 0 Å². The van der Waals surface area contributed by atoms with Gasteiger partial charge < -0.3 is 9.80 Å². The lowest BCUT2D eigenvalue weighted by Crippen LogP contribution is -2.55. The third kappa shape index (κ3) is 2.92. The number of benzene rings is 1. The SMILES string of the molecule is CC(=O)N1c2ccccc2C[C@H]1C(=O)N1CCN(c2ccccn2)CC1. The molecule has 4 rings (SSSR count). The van der Waals surface area contributed by atoms with Crippen LogP contribution in [0.15, 0.2) is 48.7 Å². The molecule has 1 aromatic heterocycles. The number of para-hydroxylation sites is 1. The predicted molar refractivity (Wildman–Crippen MR) is 100 cm³/mol. The molecule has 2 aliphatic rings. The lowest BCUT2D eigenvalue weighted by Gasteiger charge is -2.37. The van der Waals surface area contributed by atoms with Crippen LogP contribution in [0.3, 0.4) is 0 Å². The van der Waals surface area contributed by atoms with Gasteiger partial charge in [-0.1, -0.05) is 24.3 Å². The molecule has 0 bridgehead atoms. The number of nitrogens with zero attached hydrogens (tertiary/aromatic N) is 4. The fourth-order valence-electron chi connectivity index (χ4n) is 3.88. The van der Waals surface area contributed by atoms with Crippen LogP contribution >= 0.6 is 0 Å². The summed E-state index contributed by atoms with van der Waals surface area (Å²) < 4.78 is 0. The van der Waals surface area contributed by atoms with Crippen molar-refractivity contribution in [3.63, 3.8) is 0 Å². The van der Waals surface area contributed by atoms with Gasteiger partial charge in [-0.2, -0.15) is 0 Å². The average Bonchev–Trinajstić information content (AvgIpc) is 3.08. The maximum Gasteiger partial charge on any atom is 0.246 e. The van der Waals surface area contributed by atoms with Gasteiger partial charge in [0.1, 0.15) is 11.9 Å². The van der Waals surface area contributed by atoms with E-state index in [2.05, 4.69) is 9.88 Å². The van der Waals surface area contributed by atoms with Gasteiger partial charge in [-0.05, 0) is 23.8 Å². The normalized spacial score (nSPS) is 19.4. The average molecular weight is 350 g/mol. The summed E-state index contributed by atoms with van der Waals surface area (Å²) in [4.78, 5) is 35.4. The number of carbonyl (C=O) groups excluding carboxylic acids is 2. The van der Waals surface area contributed by atoms with Crippen LogP contribution in [0, 0.1) is 0 Å². The van der Waals surface area contributed by atoms with Crippen molar-refractivity contribution in [2.45, 2.75) is 19.4 Å². The Morgan fingerprint density at radius 1 is 1.00 bits per heavy atom. The van der Waals surface area contributed by atoms with Crippen molar-refractivity contribution < 1.29 is 9.59 Å². The zero-order valence-corrected chi connectivity index (χ0v) is 14.8. The lowest BCUT2D eigenvalue weighted by molar-refractivity contribution is -0.134. The molecule has 0 radical (unpaired) electrons. The van der Waals surface area contributed by atoms with Crippen molar-refractivity contribution in [3.8, 4) is 0 Å². The summed E-state index contributed by atoms with van der Waals surface area (Å²) in [6.45, 7) is 4.33. The van der Waals surface area contributed by atoms with E-state index in [1.165, 1.54) is 6.92 Å². The second-order valence-electron chi connectivity index (χ2n) is 6.74. The third-order valence-corrected chi connectivity index (χ3v) is 5.17. The first-order chi connectivity index (χ1) is 12.6. The number of aromatic nitrogens is 1. The zero-order valence-electron chi connectivity index (χ0n) is 14.8. The summed E-state index contributed by atoms with van der Waals surface area (Å²) in [7, 11) is 0. The van der Waals surface area contributed by atoms with E-state index in [1.54, 1.807) is 11.1 Å². The first-order valence-electron chi connectivity index (χ1n) is 8.97. The molecule has 0 saturated carbocycles. The Hall–Kier alpha value is -2.89. The molecule has 1 saturated heterocycles. The molecule has 1 fully saturated rings. The van der Waals surface area contributed by atoms with Crippen molar-refractivity contribution in [1.82, 2.24) is 9.88 Å². The van der Waals surface area contributed by atoms with Gasteiger partial charge in [0.2, 0.25) is 11.8 Å². The molecule has 0 spiro atoms. The maximum absolute atomic E-state index is 13.1. The van der Waals surface area contributed by atoms with Crippen molar-refractivity contribution in [3.05, 3.63) is 54.2 Å². The fraction of sp³-hybridized carbons (Fsp3) is 0.350. The number of hydrogen-bond acceptors (Lipinski definition) is 4. The minimum Gasteiger partial charge on any atom is -0.353 e. The molecule has 6 heteroatoms. The molecule has 26 heavy (non-hydrogen) atoms. The number of carbonyl (C=O) groups is 2. The standard InChI is InChI=1S/C20H22N4O2/c1-15(25)24-17-7-3-2-6-16(17)14-18(24)20(26)23-12-10-22(11-13-23)19-8-4-5-9-21-19/h2-9,18H,10-14H2,1H3/t18-/m0/s1. The van der Waals surface area contributed by atoms with Gasteiger partial charge in [-0.3, -0.25) is 14.5 Å². The first kappa shape index (κ1) is 16.6. The van der Waals surface area contributed by atoms with Crippen LogP contribution in [0.2, 0.25) is 0 Å². The molecule has 0 N–H and O–H groups in total. The van der Waals surface area contributed by atoms with Crippen LogP contribution in [-0.2, 0) is 16.0 Å². The van der Waals surface area contributed by atoms with E-state index in [9.17, 15) is 9.59 Å². The zero-order chi connectivity index (χ0) is 18.1. The van der Waals surface area contributed by atoms with E-state index in [4.69, 9.17) is 0 Å². The van der Waals surface area contributed by atoms with Gasteiger partial charge in [0.05, 0.1) is 0 Å². The highest BCUT2D eigenvalue weighted by Gasteiger charge is 2.39. The molecule has 0 unspecified atom stereocenters. The van der Waals surface area contributed by atoms with Crippen LogP contribution in [0.25, 0.3) is 0 Å². The molecule has 2 aliphatic heterocycles. The van der Waals surface area contributed by atoms with Crippen LogP contribution in [0.1, 0.15) is 12.5 Å². The molecule has 2 aromatic rings. The van der Waals surface area contributed by atoms with Gasteiger partial charge in [-0.15, -0.1) is 0 Å². The number of rotatable bonds is 2. The van der Waals surface area contributed by atoms with Gasteiger partial charge in [-0.25, -0.2) is 4.98 Å². The summed E-state index contributed by atoms with van der Waals surface area (Å²) in [6, 6.07) is 13.2. The van der Waals surface area contributed by atoms with Gasteiger partial charge in [0, 0.05) is 51.4 Å². The van der Waals surface area contributed by atoms with Gasteiger partial charge >= 0.3 is 0 Å². The number of pyridine rings is 1. The summed E-state index contributed by atoms with van der Waals surface area (Å²) in [6.07, 6.45) is 2.38. The van der Waals surface area contributed by atoms with Crippen LogP contribution < -0.4 is 9.80 Å². The second kappa shape index (κ2) is 6.78.